The lowest BCUT2D eigenvalue weighted by Gasteiger charge is -2.24. The molecule has 1 amide bonds. The Bertz CT molecular complexity index is 1380. The minimum absolute atomic E-state index is 0.117. The number of hydrogen-bond acceptors (Lipinski definition) is 6. The third-order valence-electron chi connectivity index (χ3n) is 6.34. The van der Waals surface area contributed by atoms with Crippen molar-refractivity contribution in [2.45, 2.75) is 44.6 Å². The van der Waals surface area contributed by atoms with Gasteiger partial charge in [-0.15, -0.1) is 0 Å². The molecule has 3 aromatic rings. The number of aryl methyl sites for hydroxylation is 1. The molecule has 0 aliphatic carbocycles. The van der Waals surface area contributed by atoms with Gasteiger partial charge in [0.1, 0.15) is 0 Å². The number of amides is 1. The van der Waals surface area contributed by atoms with Crippen LogP contribution in [-0.2, 0) is 21.4 Å². The summed E-state index contributed by atoms with van der Waals surface area (Å²) in [5, 5.41) is 7.67. The summed E-state index contributed by atoms with van der Waals surface area (Å²) in [6.07, 6.45) is 3.48. The highest BCUT2D eigenvalue weighted by atomic mass is 32.2. The summed E-state index contributed by atoms with van der Waals surface area (Å²) in [6, 6.07) is 12.1. The summed E-state index contributed by atoms with van der Waals surface area (Å²) < 4.78 is 29.2. The standard InChI is InChI=1S/C25H31N5O4S/c1-3-29(4-2)35(33,34)19-11-12-23(28-14-7-8-15-28)21(17-19)27-25(32)13-16-30-22-10-6-5-9-20(22)24(31)18-26-30/h5-6,9-12,17-18H,3-4,7-8,13-16H2,1-2H3,(H,27,32). The molecule has 0 radical (unpaired) electrons. The Labute approximate surface area is 205 Å². The van der Waals surface area contributed by atoms with Crippen molar-refractivity contribution in [1.29, 1.82) is 0 Å². The lowest BCUT2D eigenvalue weighted by molar-refractivity contribution is -0.116. The second-order valence-electron chi connectivity index (χ2n) is 8.51. The van der Waals surface area contributed by atoms with Crippen molar-refractivity contribution in [3.8, 4) is 0 Å². The quantitative estimate of drug-likeness (QED) is 0.487. The fourth-order valence-corrected chi connectivity index (χ4v) is 5.97. The lowest BCUT2D eigenvalue weighted by atomic mass is 10.2. The lowest BCUT2D eigenvalue weighted by Crippen LogP contribution is -2.31. The molecular formula is C25H31N5O4S. The van der Waals surface area contributed by atoms with E-state index in [1.54, 1.807) is 54.9 Å². The molecule has 10 heteroatoms. The number of fused-ring (bicyclic) bond motifs is 1. The molecule has 1 aromatic heterocycles. The van der Waals surface area contributed by atoms with Crippen LogP contribution in [0, 0.1) is 0 Å². The summed E-state index contributed by atoms with van der Waals surface area (Å²) in [5.41, 5.74) is 1.81. The second kappa shape index (κ2) is 10.6. The van der Waals surface area contributed by atoms with Crippen molar-refractivity contribution in [2.75, 3.05) is 36.4 Å². The van der Waals surface area contributed by atoms with Gasteiger partial charge in [-0.25, -0.2) is 8.42 Å². The molecule has 1 aliphatic heterocycles. The Morgan fingerprint density at radius 1 is 1.09 bits per heavy atom. The fraction of sp³-hybridized carbons (Fsp3) is 0.400. The summed E-state index contributed by atoms with van der Waals surface area (Å²) in [4.78, 5) is 27.4. The molecule has 1 fully saturated rings. The van der Waals surface area contributed by atoms with Crippen LogP contribution in [0.2, 0.25) is 0 Å². The fourth-order valence-electron chi connectivity index (χ4n) is 4.48. The number of benzene rings is 2. The van der Waals surface area contributed by atoms with Gasteiger partial charge in [-0.1, -0.05) is 26.0 Å². The monoisotopic (exact) mass is 497 g/mol. The Balaban J connectivity index is 1.59. The number of carbonyl (C=O) groups is 1. The van der Waals surface area contributed by atoms with Crippen molar-refractivity contribution in [3.05, 3.63) is 58.9 Å². The molecule has 35 heavy (non-hydrogen) atoms. The Morgan fingerprint density at radius 2 is 1.80 bits per heavy atom. The van der Waals surface area contributed by atoms with Gasteiger partial charge in [-0.2, -0.15) is 9.40 Å². The van der Waals surface area contributed by atoms with E-state index in [-0.39, 0.29) is 29.2 Å². The van der Waals surface area contributed by atoms with Crippen LogP contribution < -0.4 is 15.6 Å². The van der Waals surface area contributed by atoms with Crippen LogP contribution in [0.4, 0.5) is 11.4 Å². The molecule has 0 spiro atoms. The van der Waals surface area contributed by atoms with Crippen molar-refractivity contribution in [3.63, 3.8) is 0 Å². The number of para-hydroxylation sites is 1. The number of hydrogen-bond donors (Lipinski definition) is 1. The highest BCUT2D eigenvalue weighted by Gasteiger charge is 2.25. The van der Waals surface area contributed by atoms with Crippen LogP contribution in [0.3, 0.4) is 0 Å². The first-order valence-electron chi connectivity index (χ1n) is 12.0. The average molecular weight is 498 g/mol. The Morgan fingerprint density at radius 3 is 2.51 bits per heavy atom. The summed E-state index contributed by atoms with van der Waals surface area (Å²) >= 11 is 0. The van der Waals surface area contributed by atoms with Crippen molar-refractivity contribution < 1.29 is 13.2 Å². The van der Waals surface area contributed by atoms with E-state index in [1.165, 1.54) is 10.5 Å². The molecule has 1 saturated heterocycles. The average Bonchev–Trinajstić information content (AvgIpc) is 3.39. The first-order valence-corrected chi connectivity index (χ1v) is 13.4. The van der Waals surface area contributed by atoms with Crippen LogP contribution in [0.5, 0.6) is 0 Å². The second-order valence-corrected chi connectivity index (χ2v) is 10.4. The molecule has 0 saturated carbocycles. The van der Waals surface area contributed by atoms with Gasteiger partial charge in [-0.05, 0) is 43.2 Å². The van der Waals surface area contributed by atoms with Gasteiger partial charge in [-0.3, -0.25) is 14.3 Å². The summed E-state index contributed by atoms with van der Waals surface area (Å²) in [6.45, 7) is 6.34. The van der Waals surface area contributed by atoms with Crippen molar-refractivity contribution >= 4 is 38.2 Å². The maximum Gasteiger partial charge on any atom is 0.243 e. The maximum atomic E-state index is 13.1. The number of rotatable bonds is 9. The zero-order valence-corrected chi connectivity index (χ0v) is 20.9. The Kier molecular flexibility index (Phi) is 7.51. The predicted octanol–water partition coefficient (Wildman–Crippen LogP) is 3.06. The molecule has 186 valence electrons. The number of carbonyl (C=O) groups excluding carboxylic acids is 1. The van der Waals surface area contributed by atoms with E-state index >= 15 is 0 Å². The van der Waals surface area contributed by atoms with Crippen LogP contribution in [0.1, 0.15) is 33.1 Å². The van der Waals surface area contributed by atoms with Gasteiger partial charge in [0.05, 0.1) is 34.5 Å². The van der Waals surface area contributed by atoms with Crippen LogP contribution in [0.25, 0.3) is 10.9 Å². The van der Waals surface area contributed by atoms with Crippen molar-refractivity contribution in [2.24, 2.45) is 0 Å². The molecule has 2 aromatic carbocycles. The zero-order chi connectivity index (χ0) is 25.0. The van der Waals surface area contributed by atoms with E-state index in [0.717, 1.165) is 31.6 Å². The predicted molar refractivity (Wildman–Crippen MR) is 137 cm³/mol. The third-order valence-corrected chi connectivity index (χ3v) is 8.39. The van der Waals surface area contributed by atoms with Gasteiger partial charge in [0.2, 0.25) is 21.4 Å². The van der Waals surface area contributed by atoms with Crippen LogP contribution in [0.15, 0.2) is 58.4 Å². The SMILES string of the molecule is CCN(CC)S(=O)(=O)c1ccc(N2CCCC2)c(NC(=O)CCn2ncc(=O)c3ccccc32)c1. The number of nitrogens with one attached hydrogen (secondary N) is 1. The Hall–Kier alpha value is -3.24. The molecular weight excluding hydrogens is 466 g/mol. The van der Waals surface area contributed by atoms with Gasteiger partial charge in [0, 0.05) is 38.0 Å². The zero-order valence-electron chi connectivity index (χ0n) is 20.1. The van der Waals surface area contributed by atoms with Gasteiger partial charge in [0.15, 0.2) is 0 Å². The van der Waals surface area contributed by atoms with Gasteiger partial charge in [0.25, 0.3) is 0 Å². The van der Waals surface area contributed by atoms with Crippen LogP contribution in [-0.4, -0.2) is 54.6 Å². The number of anilines is 2. The third kappa shape index (κ3) is 5.23. The first-order chi connectivity index (χ1) is 16.8. The molecule has 1 aliphatic rings. The smallest absolute Gasteiger partial charge is 0.243 e. The minimum Gasteiger partial charge on any atom is -0.370 e. The number of nitrogens with zero attached hydrogens (tertiary/aromatic N) is 4. The van der Waals surface area contributed by atoms with Gasteiger partial charge >= 0.3 is 0 Å². The summed E-state index contributed by atoms with van der Waals surface area (Å²) in [5.74, 6) is -0.257. The van der Waals surface area contributed by atoms with E-state index in [0.29, 0.717) is 29.7 Å². The maximum absolute atomic E-state index is 13.1. The molecule has 1 N–H and O–H groups in total. The molecule has 0 unspecified atom stereocenters. The highest BCUT2D eigenvalue weighted by molar-refractivity contribution is 7.89. The van der Waals surface area contributed by atoms with Gasteiger partial charge < -0.3 is 10.2 Å². The largest absolute Gasteiger partial charge is 0.370 e. The van der Waals surface area contributed by atoms with Crippen molar-refractivity contribution in [1.82, 2.24) is 14.1 Å². The normalized spacial score (nSPS) is 14.1. The topological polar surface area (TPSA) is 105 Å². The molecule has 0 atom stereocenters. The summed E-state index contributed by atoms with van der Waals surface area (Å²) in [7, 11) is -3.66. The highest BCUT2D eigenvalue weighted by Crippen LogP contribution is 2.32. The minimum atomic E-state index is -3.66. The first kappa shape index (κ1) is 24.9. The molecule has 0 bridgehead atoms. The molecule has 9 nitrogen and oxygen atoms in total. The van der Waals surface area contributed by atoms with E-state index in [2.05, 4.69) is 15.3 Å². The molecule has 4 rings (SSSR count). The van der Waals surface area contributed by atoms with Crippen LogP contribution >= 0.6 is 0 Å². The van der Waals surface area contributed by atoms with E-state index < -0.39 is 10.0 Å². The van der Waals surface area contributed by atoms with E-state index in [4.69, 9.17) is 0 Å². The number of sulfonamides is 1. The molecule has 2 heterocycles. The van der Waals surface area contributed by atoms with E-state index in [9.17, 15) is 18.0 Å². The van der Waals surface area contributed by atoms with E-state index in [1.807, 2.05) is 6.07 Å². The number of aromatic nitrogens is 2.